The number of sulfonamides is 1. The summed E-state index contributed by atoms with van der Waals surface area (Å²) in [6, 6.07) is 13.8. The number of benzene rings is 2. The van der Waals surface area contributed by atoms with Gasteiger partial charge in [0, 0.05) is 26.2 Å². The third-order valence-corrected chi connectivity index (χ3v) is 7.27. The Morgan fingerprint density at radius 3 is 2.36 bits per heavy atom. The van der Waals surface area contributed by atoms with Crippen LogP contribution in [0.2, 0.25) is 0 Å². The van der Waals surface area contributed by atoms with Crippen molar-refractivity contribution in [3.63, 3.8) is 0 Å². The van der Waals surface area contributed by atoms with Gasteiger partial charge in [-0.2, -0.15) is 4.31 Å². The lowest BCUT2D eigenvalue weighted by Crippen LogP contribution is -2.61. The summed E-state index contributed by atoms with van der Waals surface area (Å²) in [7, 11) is -3.98. The first-order valence-corrected chi connectivity index (χ1v) is 12.9. The number of hydrogen-bond donors (Lipinski definition) is 1. The van der Waals surface area contributed by atoms with E-state index in [1.807, 2.05) is 0 Å². The van der Waals surface area contributed by atoms with Crippen molar-refractivity contribution in [1.82, 2.24) is 14.5 Å². The van der Waals surface area contributed by atoms with E-state index in [4.69, 9.17) is 15.9 Å². The minimum atomic E-state index is -3.98. The second-order valence-electron chi connectivity index (χ2n) is 9.23. The van der Waals surface area contributed by atoms with Crippen LogP contribution >= 0.6 is 0 Å². The summed E-state index contributed by atoms with van der Waals surface area (Å²) in [5.41, 5.74) is 0.0618. The van der Waals surface area contributed by atoms with Gasteiger partial charge in [0.05, 0.1) is 4.90 Å². The van der Waals surface area contributed by atoms with Gasteiger partial charge in [0.15, 0.2) is 0 Å². The Morgan fingerprint density at radius 1 is 1.08 bits per heavy atom. The summed E-state index contributed by atoms with van der Waals surface area (Å²) in [5, 5.41) is 2.80. The first-order chi connectivity index (χ1) is 17.0. The maximum Gasteiger partial charge on any atom is 0.410 e. The molecule has 1 atom stereocenters. The number of hydrogen-bond acceptors (Lipinski definition) is 6. The number of rotatable bonds is 7. The fraction of sp³-hybridized carbons (Fsp3) is 0.385. The quantitative estimate of drug-likeness (QED) is 0.571. The van der Waals surface area contributed by atoms with Crippen molar-refractivity contribution in [1.29, 1.82) is 0 Å². The van der Waals surface area contributed by atoms with Crippen molar-refractivity contribution in [2.45, 2.75) is 43.9 Å². The molecule has 9 nitrogen and oxygen atoms in total. The number of amides is 2. The molecular formula is C26H31N3O6S. The van der Waals surface area contributed by atoms with Gasteiger partial charge in [0.25, 0.3) is 0 Å². The molecule has 0 radical (unpaired) electrons. The highest BCUT2D eigenvalue weighted by atomic mass is 32.2. The smallest absolute Gasteiger partial charge is 0.410 e. The van der Waals surface area contributed by atoms with Gasteiger partial charge in [0.1, 0.15) is 24.0 Å². The third kappa shape index (κ3) is 6.99. The van der Waals surface area contributed by atoms with Crippen LogP contribution in [0, 0.1) is 12.3 Å². The Kier molecular flexibility index (Phi) is 8.61. The zero-order chi connectivity index (χ0) is 26.3. The average Bonchev–Trinajstić information content (AvgIpc) is 2.85. The molecule has 0 bridgehead atoms. The molecule has 0 aliphatic carbocycles. The van der Waals surface area contributed by atoms with Gasteiger partial charge in [-0.25, -0.2) is 13.2 Å². The molecule has 1 fully saturated rings. The van der Waals surface area contributed by atoms with Crippen LogP contribution in [0.3, 0.4) is 0 Å². The summed E-state index contributed by atoms with van der Waals surface area (Å²) in [6.45, 7) is 5.47. The van der Waals surface area contributed by atoms with Crippen LogP contribution in [-0.2, 0) is 26.1 Å². The monoisotopic (exact) mass is 513 g/mol. The number of piperazine rings is 1. The lowest BCUT2D eigenvalue weighted by molar-refractivity contribution is -0.126. The normalized spacial score (nSPS) is 16.6. The standard InChI is InChI=1S/C26H31N3O6S/c1-5-17-34-21-13-11-20(12-14-21)18-27-24(30)23-19-28(25(31)35-26(2,3)4)15-16-29(23)36(32,33)22-9-7-6-8-10-22/h1,6-14,23H,15-19H2,2-4H3,(H,27,30). The Morgan fingerprint density at radius 2 is 1.75 bits per heavy atom. The van der Waals surface area contributed by atoms with E-state index in [9.17, 15) is 18.0 Å². The number of ether oxygens (including phenoxy) is 2. The first kappa shape index (κ1) is 27.0. The minimum absolute atomic E-state index is 0.0459. The molecule has 0 spiro atoms. The van der Waals surface area contributed by atoms with Crippen molar-refractivity contribution in [2.24, 2.45) is 0 Å². The second kappa shape index (κ2) is 11.5. The minimum Gasteiger partial charge on any atom is -0.481 e. The van der Waals surface area contributed by atoms with Crippen LogP contribution < -0.4 is 10.1 Å². The number of carbonyl (C=O) groups excluding carboxylic acids is 2. The molecule has 1 N–H and O–H groups in total. The molecule has 1 saturated heterocycles. The summed E-state index contributed by atoms with van der Waals surface area (Å²) >= 11 is 0. The van der Waals surface area contributed by atoms with E-state index in [-0.39, 0.29) is 37.7 Å². The summed E-state index contributed by atoms with van der Waals surface area (Å²) in [6.07, 6.45) is 4.60. The molecular weight excluding hydrogens is 482 g/mol. The van der Waals surface area contributed by atoms with Crippen LogP contribution in [0.5, 0.6) is 5.75 Å². The van der Waals surface area contributed by atoms with E-state index in [1.165, 1.54) is 17.0 Å². The SMILES string of the molecule is C#CCOc1ccc(CNC(=O)C2CN(C(=O)OC(C)(C)C)CCN2S(=O)(=O)c2ccccc2)cc1. The van der Waals surface area contributed by atoms with E-state index in [0.717, 1.165) is 9.87 Å². The largest absolute Gasteiger partial charge is 0.481 e. The lowest BCUT2D eigenvalue weighted by atomic mass is 10.1. The number of terminal acetylenes is 1. The van der Waals surface area contributed by atoms with Gasteiger partial charge in [0.2, 0.25) is 15.9 Å². The van der Waals surface area contributed by atoms with Crippen molar-refractivity contribution in [3.05, 3.63) is 60.2 Å². The van der Waals surface area contributed by atoms with Crippen molar-refractivity contribution < 1.29 is 27.5 Å². The molecule has 10 heteroatoms. The maximum absolute atomic E-state index is 13.4. The van der Waals surface area contributed by atoms with Crippen LogP contribution in [0.1, 0.15) is 26.3 Å². The fourth-order valence-corrected chi connectivity index (χ4v) is 5.21. The lowest BCUT2D eigenvalue weighted by Gasteiger charge is -2.39. The van der Waals surface area contributed by atoms with Crippen molar-refractivity contribution in [2.75, 3.05) is 26.2 Å². The molecule has 1 aliphatic rings. The van der Waals surface area contributed by atoms with Gasteiger partial charge in [-0.1, -0.05) is 36.3 Å². The Balaban J connectivity index is 1.78. The molecule has 3 rings (SSSR count). The number of nitrogens with one attached hydrogen (secondary N) is 1. The molecule has 192 valence electrons. The van der Waals surface area contributed by atoms with E-state index < -0.39 is 33.7 Å². The van der Waals surface area contributed by atoms with Crippen molar-refractivity contribution >= 4 is 22.0 Å². The topological polar surface area (TPSA) is 105 Å². The predicted octanol–water partition coefficient (Wildman–Crippen LogP) is 2.62. The molecule has 2 amide bonds. The molecule has 0 saturated carbocycles. The molecule has 2 aromatic carbocycles. The van der Waals surface area contributed by atoms with Gasteiger partial charge in [-0.15, -0.1) is 6.42 Å². The summed E-state index contributed by atoms with van der Waals surface area (Å²) < 4.78 is 38.7. The molecule has 1 unspecified atom stereocenters. The number of nitrogens with zero attached hydrogens (tertiary/aromatic N) is 2. The van der Waals surface area contributed by atoms with E-state index in [0.29, 0.717) is 5.75 Å². The fourth-order valence-electron chi connectivity index (χ4n) is 3.62. The Hall–Kier alpha value is -3.55. The van der Waals surface area contributed by atoms with E-state index in [1.54, 1.807) is 63.2 Å². The number of carbonyl (C=O) groups is 2. The van der Waals surface area contributed by atoms with Gasteiger partial charge < -0.3 is 19.7 Å². The van der Waals surface area contributed by atoms with Crippen LogP contribution in [0.4, 0.5) is 4.79 Å². The zero-order valence-corrected chi connectivity index (χ0v) is 21.5. The molecule has 1 heterocycles. The molecule has 0 aromatic heterocycles. The highest BCUT2D eigenvalue weighted by Crippen LogP contribution is 2.23. The Bertz CT molecular complexity index is 1200. The zero-order valence-electron chi connectivity index (χ0n) is 20.6. The van der Waals surface area contributed by atoms with Gasteiger partial charge in [-0.05, 0) is 50.6 Å². The van der Waals surface area contributed by atoms with E-state index >= 15 is 0 Å². The Labute approximate surface area is 212 Å². The van der Waals surface area contributed by atoms with Crippen LogP contribution in [0.25, 0.3) is 0 Å². The second-order valence-corrected chi connectivity index (χ2v) is 11.1. The van der Waals surface area contributed by atoms with Crippen molar-refractivity contribution in [3.8, 4) is 18.1 Å². The highest BCUT2D eigenvalue weighted by Gasteiger charge is 2.42. The predicted molar refractivity (Wildman–Crippen MR) is 135 cm³/mol. The summed E-state index contributed by atoms with van der Waals surface area (Å²) in [5.74, 6) is 2.47. The third-order valence-electron chi connectivity index (χ3n) is 5.35. The molecule has 36 heavy (non-hydrogen) atoms. The molecule has 2 aromatic rings. The maximum atomic E-state index is 13.4. The van der Waals surface area contributed by atoms with Gasteiger partial charge >= 0.3 is 6.09 Å². The van der Waals surface area contributed by atoms with Gasteiger partial charge in [-0.3, -0.25) is 4.79 Å². The first-order valence-electron chi connectivity index (χ1n) is 11.5. The van der Waals surface area contributed by atoms with Crippen LogP contribution in [0.15, 0.2) is 59.5 Å². The highest BCUT2D eigenvalue weighted by molar-refractivity contribution is 7.89. The summed E-state index contributed by atoms with van der Waals surface area (Å²) in [4.78, 5) is 27.4. The molecule has 1 aliphatic heterocycles. The average molecular weight is 514 g/mol. The van der Waals surface area contributed by atoms with E-state index in [2.05, 4.69) is 11.2 Å². The van der Waals surface area contributed by atoms with Crippen LogP contribution in [-0.4, -0.2) is 67.5 Å².